The van der Waals surface area contributed by atoms with Crippen molar-refractivity contribution < 1.29 is 24.1 Å². The molecule has 31 heavy (non-hydrogen) atoms. The molecule has 6 nitrogen and oxygen atoms in total. The van der Waals surface area contributed by atoms with E-state index in [4.69, 9.17) is 14.2 Å². The summed E-state index contributed by atoms with van der Waals surface area (Å²) in [5, 5.41) is 10.4. The Morgan fingerprint density at radius 1 is 1.29 bits per heavy atom. The lowest BCUT2D eigenvalue weighted by molar-refractivity contribution is -0.165. The maximum absolute atomic E-state index is 13.3. The molecule has 1 amide bonds. The molecule has 7 heteroatoms. The minimum Gasteiger partial charge on any atom is -0.504 e. The highest BCUT2D eigenvalue weighted by Gasteiger charge is 2.45. The van der Waals surface area contributed by atoms with Crippen molar-refractivity contribution in [2.24, 2.45) is 5.92 Å². The van der Waals surface area contributed by atoms with E-state index < -0.39 is 5.79 Å². The number of rotatable bonds is 4. The maximum Gasteiger partial charge on any atom is 0.226 e. The predicted molar refractivity (Wildman–Crippen MR) is 119 cm³/mol. The fourth-order valence-electron chi connectivity index (χ4n) is 5.52. The zero-order chi connectivity index (χ0) is 21.6. The maximum atomic E-state index is 13.3. The molecule has 1 spiro atoms. The highest BCUT2D eigenvalue weighted by atomic mass is 79.9. The molecule has 0 aromatic heterocycles. The molecule has 0 radical (unpaired) electrons. The van der Waals surface area contributed by atoms with Gasteiger partial charge in [0.1, 0.15) is 0 Å². The van der Waals surface area contributed by atoms with E-state index in [1.165, 1.54) is 11.1 Å². The number of phenols is 1. The molecule has 4 aliphatic rings. The van der Waals surface area contributed by atoms with Crippen LogP contribution in [-0.2, 0) is 20.7 Å². The van der Waals surface area contributed by atoms with E-state index in [2.05, 4.69) is 20.8 Å². The highest BCUT2D eigenvalue weighted by Crippen LogP contribution is 2.45. The Hall–Kier alpha value is -1.57. The lowest BCUT2D eigenvalue weighted by Crippen LogP contribution is -2.51. The Balaban J connectivity index is 1.47. The molecule has 1 aromatic carbocycles. The van der Waals surface area contributed by atoms with Crippen LogP contribution in [0.25, 0.3) is 0 Å². The van der Waals surface area contributed by atoms with Gasteiger partial charge in [0.2, 0.25) is 5.91 Å². The molecule has 1 saturated heterocycles. The van der Waals surface area contributed by atoms with Gasteiger partial charge in [-0.05, 0) is 55.4 Å². The van der Waals surface area contributed by atoms with E-state index in [1.54, 1.807) is 19.2 Å². The number of carbonyl (C=O) groups excluding carboxylic acids is 1. The van der Waals surface area contributed by atoms with Crippen molar-refractivity contribution in [2.45, 2.75) is 63.2 Å². The number of phenolic OH excluding ortho intramolecular Hbond substituents is 1. The molecule has 1 aromatic rings. The van der Waals surface area contributed by atoms with E-state index in [1.807, 2.05) is 0 Å². The predicted octanol–water partition coefficient (Wildman–Crippen LogP) is 4.33. The van der Waals surface area contributed by atoms with Gasteiger partial charge in [-0.15, -0.1) is 0 Å². The molecule has 2 aliphatic heterocycles. The lowest BCUT2D eigenvalue weighted by atomic mass is 9.76. The smallest absolute Gasteiger partial charge is 0.226 e. The third kappa shape index (κ3) is 3.89. The van der Waals surface area contributed by atoms with Gasteiger partial charge in [-0.2, -0.15) is 0 Å². The first-order valence-corrected chi connectivity index (χ1v) is 12.1. The van der Waals surface area contributed by atoms with Crippen LogP contribution in [0.4, 0.5) is 0 Å². The lowest BCUT2D eigenvalue weighted by Gasteiger charge is -2.46. The number of carbonyl (C=O) groups is 1. The first kappa shape index (κ1) is 21.3. The van der Waals surface area contributed by atoms with Gasteiger partial charge < -0.3 is 24.2 Å². The van der Waals surface area contributed by atoms with E-state index in [0.29, 0.717) is 31.3 Å². The van der Waals surface area contributed by atoms with Crippen molar-refractivity contribution in [3.05, 3.63) is 33.3 Å². The summed E-state index contributed by atoms with van der Waals surface area (Å²) in [5.74, 6) is 0.580. The number of hydrogen-bond acceptors (Lipinski definition) is 5. The number of halogens is 1. The van der Waals surface area contributed by atoms with Gasteiger partial charge >= 0.3 is 0 Å². The zero-order valence-electron chi connectivity index (χ0n) is 18.0. The van der Waals surface area contributed by atoms with Gasteiger partial charge in [-0.25, -0.2) is 0 Å². The monoisotopic (exact) mass is 491 g/mol. The molecule has 2 fully saturated rings. The summed E-state index contributed by atoms with van der Waals surface area (Å²) in [6, 6.07) is 3.58. The standard InChI is InChI=1S/C24H30BrNO5/c1-29-22-13-19(25)17(12-21(22)27)11-20-18-5-7-24(30-9-10-31-24)14-16(18)6-8-26(20)23(28)15-3-2-4-15/h12-13,15,20,27H,2-11,14H2,1H3/t20-/m0/s1. The van der Waals surface area contributed by atoms with Crippen LogP contribution in [-0.4, -0.2) is 54.6 Å². The summed E-state index contributed by atoms with van der Waals surface area (Å²) in [7, 11) is 1.55. The van der Waals surface area contributed by atoms with Gasteiger partial charge in [-0.3, -0.25) is 4.79 Å². The van der Waals surface area contributed by atoms with Crippen LogP contribution >= 0.6 is 15.9 Å². The molecular weight excluding hydrogens is 462 g/mol. The third-order valence-electron chi connectivity index (χ3n) is 7.46. The van der Waals surface area contributed by atoms with Gasteiger partial charge in [-0.1, -0.05) is 27.9 Å². The molecule has 1 N–H and O–H groups in total. The minimum atomic E-state index is -0.456. The van der Waals surface area contributed by atoms with E-state index >= 15 is 0 Å². The summed E-state index contributed by atoms with van der Waals surface area (Å²) in [4.78, 5) is 15.4. The summed E-state index contributed by atoms with van der Waals surface area (Å²) in [5.41, 5.74) is 3.74. The number of amides is 1. The summed E-state index contributed by atoms with van der Waals surface area (Å²) in [6.45, 7) is 2.07. The number of benzene rings is 1. The average Bonchev–Trinajstić information content (AvgIpc) is 3.16. The Morgan fingerprint density at radius 3 is 2.74 bits per heavy atom. The molecule has 168 valence electrons. The summed E-state index contributed by atoms with van der Waals surface area (Å²) >= 11 is 3.65. The van der Waals surface area contributed by atoms with Gasteiger partial charge in [0.05, 0.1) is 26.4 Å². The Morgan fingerprint density at radius 2 is 2.06 bits per heavy atom. The molecule has 5 rings (SSSR count). The van der Waals surface area contributed by atoms with E-state index in [0.717, 1.165) is 61.5 Å². The molecular formula is C24H30BrNO5. The number of methoxy groups -OCH3 is 1. The normalized spacial score (nSPS) is 25.5. The molecule has 0 bridgehead atoms. The largest absolute Gasteiger partial charge is 0.504 e. The first-order chi connectivity index (χ1) is 15.0. The number of ether oxygens (including phenoxy) is 3. The summed E-state index contributed by atoms with van der Waals surface area (Å²) < 4.78 is 18.1. The number of aromatic hydroxyl groups is 1. The fourth-order valence-corrected chi connectivity index (χ4v) is 6.01. The second-order valence-electron chi connectivity index (χ2n) is 9.16. The Labute approximate surface area is 191 Å². The van der Waals surface area contributed by atoms with Crippen LogP contribution in [0, 0.1) is 5.92 Å². The topological polar surface area (TPSA) is 68.2 Å². The van der Waals surface area contributed by atoms with Crippen LogP contribution in [0.2, 0.25) is 0 Å². The Bertz CT molecular complexity index is 903. The first-order valence-electron chi connectivity index (χ1n) is 11.3. The van der Waals surface area contributed by atoms with Gasteiger partial charge in [0, 0.05) is 29.8 Å². The molecule has 2 aliphatic carbocycles. The Kier molecular flexibility index (Phi) is 5.78. The van der Waals surface area contributed by atoms with Crippen molar-refractivity contribution in [3.8, 4) is 11.5 Å². The third-order valence-corrected chi connectivity index (χ3v) is 8.20. The van der Waals surface area contributed by atoms with Crippen molar-refractivity contribution >= 4 is 21.8 Å². The van der Waals surface area contributed by atoms with Crippen LogP contribution in [0.5, 0.6) is 11.5 Å². The van der Waals surface area contributed by atoms with Gasteiger partial charge in [0.15, 0.2) is 17.3 Å². The second kappa shape index (κ2) is 8.41. The van der Waals surface area contributed by atoms with E-state index in [9.17, 15) is 9.90 Å². The molecule has 0 unspecified atom stereocenters. The highest BCUT2D eigenvalue weighted by molar-refractivity contribution is 9.10. The zero-order valence-corrected chi connectivity index (χ0v) is 19.6. The second-order valence-corrected chi connectivity index (χ2v) is 10.0. The molecule has 1 saturated carbocycles. The van der Waals surface area contributed by atoms with Crippen molar-refractivity contribution in [3.63, 3.8) is 0 Å². The van der Waals surface area contributed by atoms with E-state index in [-0.39, 0.29) is 17.7 Å². The fraction of sp³-hybridized carbons (Fsp3) is 0.625. The number of hydrogen-bond donors (Lipinski definition) is 1. The molecule has 2 heterocycles. The number of nitrogens with zero attached hydrogens (tertiary/aromatic N) is 1. The van der Waals surface area contributed by atoms with Crippen LogP contribution in [0.3, 0.4) is 0 Å². The molecule has 1 atom stereocenters. The minimum absolute atomic E-state index is 0.0136. The summed E-state index contributed by atoms with van der Waals surface area (Å²) in [6.07, 6.45) is 7.25. The van der Waals surface area contributed by atoms with Gasteiger partial charge in [0.25, 0.3) is 0 Å². The quantitative estimate of drug-likeness (QED) is 0.634. The SMILES string of the molecule is COc1cc(Br)c(C[C@H]2C3=C(CCN2C(=O)C2CCC2)CC2(CC3)OCCO2)cc1O. The van der Waals surface area contributed by atoms with Crippen LogP contribution < -0.4 is 4.74 Å². The van der Waals surface area contributed by atoms with Crippen molar-refractivity contribution in [2.75, 3.05) is 26.9 Å². The van der Waals surface area contributed by atoms with Crippen molar-refractivity contribution in [1.29, 1.82) is 0 Å². The average molecular weight is 492 g/mol. The van der Waals surface area contributed by atoms with Crippen LogP contribution in [0.1, 0.15) is 50.5 Å². The van der Waals surface area contributed by atoms with Crippen molar-refractivity contribution in [1.82, 2.24) is 4.90 Å². The van der Waals surface area contributed by atoms with Crippen LogP contribution in [0.15, 0.2) is 27.8 Å².